The molecule has 0 bridgehead atoms. The fraction of sp³-hybridized carbons (Fsp3) is 0.667. The van der Waals surface area contributed by atoms with E-state index in [1.165, 1.54) is 10.4 Å². The molecule has 0 radical (unpaired) electrons. The Labute approximate surface area is 124 Å². The first-order valence-corrected chi connectivity index (χ1v) is 10.1. The maximum absolute atomic E-state index is 12.6. The van der Waals surface area contributed by atoms with Gasteiger partial charge in [0.15, 0.2) is 9.84 Å². The second-order valence-electron chi connectivity index (χ2n) is 5.52. The Morgan fingerprint density at radius 1 is 1.24 bits per heavy atom. The quantitative estimate of drug-likeness (QED) is 0.818. The molecule has 7 nitrogen and oxygen atoms in total. The highest BCUT2D eigenvalue weighted by Gasteiger charge is 2.34. The van der Waals surface area contributed by atoms with E-state index in [-0.39, 0.29) is 42.1 Å². The van der Waals surface area contributed by atoms with Gasteiger partial charge < -0.3 is 9.67 Å². The first-order chi connectivity index (χ1) is 9.83. The molecular formula is C12H18N2O5S2. The van der Waals surface area contributed by atoms with Crippen molar-refractivity contribution in [1.29, 1.82) is 0 Å². The van der Waals surface area contributed by atoms with E-state index in [1.807, 2.05) is 4.57 Å². The first-order valence-electron chi connectivity index (χ1n) is 6.86. The zero-order valence-electron chi connectivity index (χ0n) is 11.5. The van der Waals surface area contributed by atoms with E-state index < -0.39 is 19.9 Å². The van der Waals surface area contributed by atoms with Gasteiger partial charge in [0, 0.05) is 31.0 Å². The summed E-state index contributed by atoms with van der Waals surface area (Å²) in [6.45, 7) is -0.220. The molecule has 3 rings (SSSR count). The Hall–Kier alpha value is -0.900. The van der Waals surface area contributed by atoms with Gasteiger partial charge in [-0.05, 0) is 18.9 Å². The van der Waals surface area contributed by atoms with E-state index in [0.29, 0.717) is 5.69 Å². The number of aliphatic hydroxyl groups excluding tert-OH is 1. The number of nitrogens with zero attached hydrogens (tertiary/aromatic N) is 2. The van der Waals surface area contributed by atoms with E-state index in [4.69, 9.17) is 0 Å². The van der Waals surface area contributed by atoms with Crippen LogP contribution in [0.4, 0.5) is 0 Å². The number of rotatable bonds is 4. The molecule has 9 heteroatoms. The van der Waals surface area contributed by atoms with Crippen LogP contribution in [0.25, 0.3) is 0 Å². The summed E-state index contributed by atoms with van der Waals surface area (Å²) in [5.41, 5.74) is 0.584. The Morgan fingerprint density at radius 2 is 1.86 bits per heavy atom. The predicted octanol–water partition coefficient (Wildman–Crippen LogP) is -0.266. The van der Waals surface area contributed by atoms with Crippen molar-refractivity contribution in [2.24, 2.45) is 0 Å². The molecule has 21 heavy (non-hydrogen) atoms. The highest BCUT2D eigenvalue weighted by Crippen LogP contribution is 2.37. The summed E-state index contributed by atoms with van der Waals surface area (Å²) in [6, 6.07) is 1.76. The molecule has 2 heterocycles. The van der Waals surface area contributed by atoms with Crippen molar-refractivity contribution in [2.75, 3.05) is 24.6 Å². The Bertz CT molecular complexity index is 733. The van der Waals surface area contributed by atoms with Crippen LogP contribution < -0.4 is 0 Å². The van der Waals surface area contributed by atoms with Gasteiger partial charge in [0.05, 0.1) is 18.1 Å². The number of aliphatic hydroxyl groups is 1. The van der Waals surface area contributed by atoms with Crippen LogP contribution in [-0.4, -0.2) is 55.4 Å². The van der Waals surface area contributed by atoms with E-state index in [2.05, 4.69) is 0 Å². The van der Waals surface area contributed by atoms with Crippen molar-refractivity contribution in [3.8, 4) is 0 Å². The molecule has 0 unspecified atom stereocenters. The molecular weight excluding hydrogens is 316 g/mol. The zero-order valence-corrected chi connectivity index (χ0v) is 13.1. The number of sulfonamides is 1. The third kappa shape index (κ3) is 2.87. The highest BCUT2D eigenvalue weighted by atomic mass is 32.2. The Morgan fingerprint density at radius 3 is 2.38 bits per heavy atom. The zero-order chi connectivity index (χ0) is 15.3. The molecule has 2 aliphatic rings. The van der Waals surface area contributed by atoms with E-state index in [0.717, 1.165) is 12.8 Å². The maximum Gasteiger partial charge on any atom is 0.244 e. The Kier molecular flexibility index (Phi) is 3.63. The second-order valence-corrected chi connectivity index (χ2v) is 9.76. The molecule has 1 aliphatic heterocycles. The van der Waals surface area contributed by atoms with Crippen molar-refractivity contribution in [1.82, 2.24) is 8.87 Å². The van der Waals surface area contributed by atoms with Gasteiger partial charge in [-0.1, -0.05) is 0 Å². The molecule has 1 saturated carbocycles. The number of aromatic nitrogens is 1. The lowest BCUT2D eigenvalue weighted by molar-refractivity contribution is 0.270. The third-order valence-electron chi connectivity index (χ3n) is 3.95. The lowest BCUT2D eigenvalue weighted by Gasteiger charge is -2.25. The molecule has 0 atom stereocenters. The van der Waals surface area contributed by atoms with Crippen LogP contribution in [0.5, 0.6) is 0 Å². The first kappa shape index (κ1) is 15.0. The SMILES string of the molecule is O=S1(=O)CCN(S(=O)(=O)c2cc(CO)n(C3CC3)c2)CC1. The summed E-state index contributed by atoms with van der Waals surface area (Å²) in [4.78, 5) is 0.137. The van der Waals surface area contributed by atoms with Crippen LogP contribution >= 0.6 is 0 Å². The molecule has 1 aromatic rings. The second kappa shape index (κ2) is 5.08. The largest absolute Gasteiger partial charge is 0.390 e. The summed E-state index contributed by atoms with van der Waals surface area (Å²) in [6.07, 6.45) is 3.54. The van der Waals surface area contributed by atoms with Gasteiger partial charge in [-0.3, -0.25) is 0 Å². The van der Waals surface area contributed by atoms with Crippen LogP contribution in [0.15, 0.2) is 17.2 Å². The monoisotopic (exact) mass is 334 g/mol. The van der Waals surface area contributed by atoms with Crippen LogP contribution in [0.2, 0.25) is 0 Å². The number of sulfone groups is 1. The lowest BCUT2D eigenvalue weighted by Crippen LogP contribution is -2.43. The predicted molar refractivity (Wildman–Crippen MR) is 76.0 cm³/mol. The van der Waals surface area contributed by atoms with Crippen LogP contribution in [0.1, 0.15) is 24.6 Å². The standard InChI is InChI=1S/C12H18N2O5S2/c15-9-11-7-12(8-14(11)10-1-2-10)21(18,19)13-3-5-20(16,17)6-4-13/h7-8,10,15H,1-6,9H2. The molecule has 118 valence electrons. The van der Waals surface area contributed by atoms with Crippen molar-refractivity contribution in [2.45, 2.75) is 30.4 Å². The molecule has 0 spiro atoms. The molecule has 1 N–H and O–H groups in total. The fourth-order valence-corrected chi connectivity index (χ4v) is 5.47. The summed E-state index contributed by atoms with van der Waals surface area (Å²) in [7, 11) is -6.81. The van der Waals surface area contributed by atoms with Crippen molar-refractivity contribution < 1.29 is 21.9 Å². The summed E-state index contributed by atoms with van der Waals surface area (Å²) in [5, 5.41) is 9.34. The minimum atomic E-state index is -3.69. The van der Waals surface area contributed by atoms with E-state index in [9.17, 15) is 21.9 Å². The van der Waals surface area contributed by atoms with Gasteiger partial charge in [0.2, 0.25) is 10.0 Å². The molecule has 1 saturated heterocycles. The van der Waals surface area contributed by atoms with E-state index >= 15 is 0 Å². The van der Waals surface area contributed by atoms with Crippen LogP contribution in [-0.2, 0) is 26.5 Å². The minimum Gasteiger partial charge on any atom is -0.390 e. The van der Waals surface area contributed by atoms with Crippen molar-refractivity contribution >= 4 is 19.9 Å². The highest BCUT2D eigenvalue weighted by molar-refractivity contribution is 7.92. The third-order valence-corrected chi connectivity index (χ3v) is 7.42. The summed E-state index contributed by atoms with van der Waals surface area (Å²) >= 11 is 0. The van der Waals surface area contributed by atoms with E-state index in [1.54, 1.807) is 6.20 Å². The fourth-order valence-electron chi connectivity index (χ4n) is 2.54. The maximum atomic E-state index is 12.6. The molecule has 2 fully saturated rings. The number of hydrogen-bond donors (Lipinski definition) is 1. The topological polar surface area (TPSA) is 96.7 Å². The van der Waals surface area contributed by atoms with Crippen LogP contribution in [0.3, 0.4) is 0 Å². The summed E-state index contributed by atoms with van der Waals surface area (Å²) < 4.78 is 50.9. The smallest absolute Gasteiger partial charge is 0.244 e. The van der Waals surface area contributed by atoms with Gasteiger partial charge in [-0.2, -0.15) is 4.31 Å². The average Bonchev–Trinajstić information content (AvgIpc) is 3.17. The lowest BCUT2D eigenvalue weighted by atomic mass is 10.4. The average molecular weight is 334 g/mol. The van der Waals surface area contributed by atoms with Gasteiger partial charge in [0.1, 0.15) is 4.90 Å². The Balaban J connectivity index is 1.88. The van der Waals surface area contributed by atoms with Crippen molar-refractivity contribution in [3.05, 3.63) is 18.0 Å². The van der Waals surface area contributed by atoms with Crippen LogP contribution in [0, 0.1) is 0 Å². The molecule has 0 aromatic carbocycles. The number of hydrogen-bond acceptors (Lipinski definition) is 5. The van der Waals surface area contributed by atoms with Gasteiger partial charge in [-0.25, -0.2) is 16.8 Å². The molecule has 1 aliphatic carbocycles. The molecule has 1 aromatic heterocycles. The summed E-state index contributed by atoms with van der Waals surface area (Å²) in [5.74, 6) is -0.273. The van der Waals surface area contributed by atoms with Gasteiger partial charge >= 0.3 is 0 Å². The minimum absolute atomic E-state index is 0.00622. The van der Waals surface area contributed by atoms with Crippen molar-refractivity contribution in [3.63, 3.8) is 0 Å². The normalized spacial score (nSPS) is 23.3. The van der Waals surface area contributed by atoms with Gasteiger partial charge in [-0.15, -0.1) is 0 Å². The van der Waals surface area contributed by atoms with Gasteiger partial charge in [0.25, 0.3) is 0 Å². The molecule has 0 amide bonds.